The van der Waals surface area contributed by atoms with Gasteiger partial charge in [-0.2, -0.15) is 0 Å². The fourth-order valence-corrected chi connectivity index (χ4v) is 3.81. The number of rotatable bonds is 7. The van der Waals surface area contributed by atoms with Gasteiger partial charge in [0, 0.05) is 18.0 Å². The molecule has 4 heteroatoms. The van der Waals surface area contributed by atoms with Crippen molar-refractivity contribution in [1.29, 1.82) is 0 Å². The third-order valence-electron chi connectivity index (χ3n) is 4.68. The van der Waals surface area contributed by atoms with E-state index in [9.17, 15) is 4.79 Å². The average Bonchev–Trinajstić information content (AvgIpc) is 2.58. The first kappa shape index (κ1) is 18.3. The van der Waals surface area contributed by atoms with Gasteiger partial charge in [-0.15, -0.1) is 11.8 Å². The molecule has 1 aromatic carbocycles. The highest BCUT2D eigenvalue weighted by Crippen LogP contribution is 2.24. The van der Waals surface area contributed by atoms with Crippen LogP contribution in [-0.2, 0) is 4.79 Å². The van der Waals surface area contributed by atoms with Gasteiger partial charge in [0.25, 0.3) is 0 Å². The molecule has 0 spiro atoms. The summed E-state index contributed by atoms with van der Waals surface area (Å²) in [5, 5.41) is 3.21. The van der Waals surface area contributed by atoms with Crippen molar-refractivity contribution in [1.82, 2.24) is 10.2 Å². The zero-order valence-corrected chi connectivity index (χ0v) is 15.5. The van der Waals surface area contributed by atoms with Crippen LogP contribution in [0.15, 0.2) is 29.2 Å². The third kappa shape index (κ3) is 5.85. The van der Waals surface area contributed by atoms with E-state index in [0.717, 1.165) is 38.4 Å². The van der Waals surface area contributed by atoms with Gasteiger partial charge in [0.1, 0.15) is 0 Å². The summed E-state index contributed by atoms with van der Waals surface area (Å²) in [4.78, 5) is 15.6. The summed E-state index contributed by atoms with van der Waals surface area (Å²) >= 11 is 1.66. The fraction of sp³-hybridized carbons (Fsp3) is 0.632. The van der Waals surface area contributed by atoms with Crippen LogP contribution in [0.5, 0.6) is 0 Å². The summed E-state index contributed by atoms with van der Waals surface area (Å²) in [5.74, 6) is 2.18. The lowest BCUT2D eigenvalue weighted by atomic mass is 9.93. The summed E-state index contributed by atoms with van der Waals surface area (Å²) in [6, 6.07) is 8.62. The maximum Gasteiger partial charge on any atom is 0.232 e. The Balaban J connectivity index is 1.73. The van der Waals surface area contributed by atoms with Crippen molar-refractivity contribution >= 4 is 17.7 Å². The first-order valence-corrected chi connectivity index (χ1v) is 9.74. The first-order valence-electron chi connectivity index (χ1n) is 8.75. The minimum absolute atomic E-state index is 0.287. The Morgan fingerprint density at radius 1 is 1.26 bits per heavy atom. The monoisotopic (exact) mass is 334 g/mol. The van der Waals surface area contributed by atoms with Crippen LogP contribution in [-0.4, -0.2) is 43.2 Å². The summed E-state index contributed by atoms with van der Waals surface area (Å²) < 4.78 is 0. The van der Waals surface area contributed by atoms with E-state index in [1.54, 1.807) is 11.8 Å². The van der Waals surface area contributed by atoms with Crippen molar-refractivity contribution in [3.8, 4) is 0 Å². The first-order chi connectivity index (χ1) is 11.1. The summed E-state index contributed by atoms with van der Waals surface area (Å²) in [7, 11) is 2.00. The number of nitrogens with zero attached hydrogens (tertiary/aromatic N) is 1. The Hall–Kier alpha value is -1.00. The van der Waals surface area contributed by atoms with E-state index in [1.165, 1.54) is 16.9 Å². The molecule has 0 aromatic heterocycles. The Morgan fingerprint density at radius 3 is 2.48 bits per heavy atom. The third-order valence-corrected chi connectivity index (χ3v) is 5.68. The van der Waals surface area contributed by atoms with Gasteiger partial charge in [0.2, 0.25) is 5.91 Å². The highest BCUT2D eigenvalue weighted by atomic mass is 32.2. The Labute approximate surface area is 145 Å². The van der Waals surface area contributed by atoms with Gasteiger partial charge in [0.05, 0.1) is 5.75 Å². The summed E-state index contributed by atoms with van der Waals surface area (Å²) in [6.45, 7) is 7.35. The zero-order valence-electron chi connectivity index (χ0n) is 14.7. The van der Waals surface area contributed by atoms with Crippen LogP contribution < -0.4 is 5.32 Å². The second kappa shape index (κ2) is 9.33. The van der Waals surface area contributed by atoms with Gasteiger partial charge in [-0.25, -0.2) is 0 Å². The van der Waals surface area contributed by atoms with Crippen molar-refractivity contribution in [3.05, 3.63) is 29.8 Å². The van der Waals surface area contributed by atoms with E-state index in [2.05, 4.69) is 43.4 Å². The molecule has 3 nitrogen and oxygen atoms in total. The molecule has 23 heavy (non-hydrogen) atoms. The molecule has 0 bridgehead atoms. The minimum atomic E-state index is 0.287. The predicted octanol–water partition coefficient (Wildman–Crippen LogP) is 3.75. The maximum absolute atomic E-state index is 12.4. The normalized spacial score (nSPS) is 16.1. The molecule has 1 N–H and O–H groups in total. The van der Waals surface area contributed by atoms with E-state index in [4.69, 9.17) is 0 Å². The van der Waals surface area contributed by atoms with Crippen LogP contribution in [0.4, 0.5) is 0 Å². The molecule has 0 radical (unpaired) electrons. The quantitative estimate of drug-likeness (QED) is 0.771. The minimum Gasteiger partial charge on any atom is -0.342 e. The van der Waals surface area contributed by atoms with E-state index < -0.39 is 0 Å². The van der Waals surface area contributed by atoms with Gasteiger partial charge >= 0.3 is 0 Å². The molecule has 128 valence electrons. The lowest BCUT2D eigenvalue weighted by Crippen LogP contribution is -2.39. The number of carbonyl (C=O) groups excluding carboxylic acids is 1. The largest absolute Gasteiger partial charge is 0.342 e. The Bertz CT molecular complexity index is 479. The van der Waals surface area contributed by atoms with Gasteiger partial charge in [-0.05, 0) is 62.4 Å². The van der Waals surface area contributed by atoms with Crippen LogP contribution in [0.25, 0.3) is 0 Å². The van der Waals surface area contributed by atoms with Gasteiger partial charge < -0.3 is 10.2 Å². The van der Waals surface area contributed by atoms with Crippen molar-refractivity contribution < 1.29 is 4.79 Å². The highest BCUT2D eigenvalue weighted by Gasteiger charge is 2.22. The molecule has 0 atom stereocenters. The van der Waals surface area contributed by atoms with E-state index in [1.807, 2.05) is 11.9 Å². The molecule has 1 aliphatic rings. The molecule has 1 saturated heterocycles. The van der Waals surface area contributed by atoms with Crippen molar-refractivity contribution in [2.45, 2.75) is 43.9 Å². The standard InChI is InChI=1S/C19H30N2OS/c1-15(2)17-4-6-18(7-5-17)23-14-19(22)21-12-9-16(10-13-21)8-11-20-3/h4-7,15-16,20H,8-14H2,1-3H3. The Kier molecular flexibility index (Phi) is 7.44. The number of nitrogens with one attached hydrogen (secondary N) is 1. The molecule has 0 aliphatic carbocycles. The van der Waals surface area contributed by atoms with Crippen molar-refractivity contribution in [2.75, 3.05) is 32.4 Å². The molecule has 1 aliphatic heterocycles. The predicted molar refractivity (Wildman–Crippen MR) is 99.1 cm³/mol. The second-order valence-electron chi connectivity index (χ2n) is 6.73. The van der Waals surface area contributed by atoms with Crippen LogP contribution in [0.2, 0.25) is 0 Å². The lowest BCUT2D eigenvalue weighted by molar-refractivity contribution is -0.129. The molecule has 1 amide bonds. The smallest absolute Gasteiger partial charge is 0.232 e. The zero-order chi connectivity index (χ0) is 16.7. The molecule has 0 saturated carbocycles. The Morgan fingerprint density at radius 2 is 1.91 bits per heavy atom. The van der Waals surface area contributed by atoms with Crippen LogP contribution in [0.3, 0.4) is 0 Å². The van der Waals surface area contributed by atoms with E-state index in [0.29, 0.717) is 11.7 Å². The molecular weight excluding hydrogens is 304 g/mol. The lowest BCUT2D eigenvalue weighted by Gasteiger charge is -2.32. The van der Waals surface area contributed by atoms with Gasteiger partial charge in [0.15, 0.2) is 0 Å². The second-order valence-corrected chi connectivity index (χ2v) is 7.78. The van der Waals surface area contributed by atoms with E-state index >= 15 is 0 Å². The molecule has 1 fully saturated rings. The summed E-state index contributed by atoms with van der Waals surface area (Å²) in [5.41, 5.74) is 1.35. The molecule has 1 heterocycles. The van der Waals surface area contributed by atoms with Crippen molar-refractivity contribution in [2.24, 2.45) is 5.92 Å². The van der Waals surface area contributed by atoms with E-state index in [-0.39, 0.29) is 5.91 Å². The molecular formula is C19H30N2OS. The summed E-state index contributed by atoms with van der Waals surface area (Å²) in [6.07, 6.45) is 3.54. The number of thioether (sulfide) groups is 1. The number of amides is 1. The van der Waals surface area contributed by atoms with Crippen LogP contribution >= 0.6 is 11.8 Å². The highest BCUT2D eigenvalue weighted by molar-refractivity contribution is 8.00. The number of hydrogen-bond acceptors (Lipinski definition) is 3. The van der Waals surface area contributed by atoms with Crippen LogP contribution in [0, 0.1) is 5.92 Å². The molecule has 2 rings (SSSR count). The number of likely N-dealkylation sites (tertiary alicyclic amines) is 1. The van der Waals surface area contributed by atoms with Gasteiger partial charge in [-0.1, -0.05) is 26.0 Å². The van der Waals surface area contributed by atoms with Gasteiger partial charge in [-0.3, -0.25) is 4.79 Å². The number of hydrogen-bond donors (Lipinski definition) is 1. The SMILES string of the molecule is CNCCC1CCN(C(=O)CSc2ccc(C(C)C)cc2)CC1. The van der Waals surface area contributed by atoms with Crippen molar-refractivity contribution in [3.63, 3.8) is 0 Å². The molecule has 1 aromatic rings. The number of carbonyl (C=O) groups is 1. The average molecular weight is 335 g/mol. The number of benzene rings is 1. The maximum atomic E-state index is 12.4. The number of piperidine rings is 1. The topological polar surface area (TPSA) is 32.3 Å². The van der Waals surface area contributed by atoms with Crippen LogP contribution in [0.1, 0.15) is 44.6 Å². The molecule has 0 unspecified atom stereocenters. The fourth-order valence-electron chi connectivity index (χ4n) is 3.00.